The predicted molar refractivity (Wildman–Crippen MR) is 137 cm³/mol. The maximum absolute atomic E-state index is 12.7. The number of carbonyl (C=O) groups excluding carboxylic acids is 1. The Morgan fingerprint density at radius 1 is 0.943 bits per heavy atom. The molecule has 1 N–H and O–H groups in total. The van der Waals surface area contributed by atoms with E-state index in [1.54, 1.807) is 0 Å². The molecule has 3 aromatic rings. The first-order valence-corrected chi connectivity index (χ1v) is 12.5. The first-order valence-electron chi connectivity index (χ1n) is 12.5. The van der Waals surface area contributed by atoms with Crippen molar-refractivity contribution in [3.8, 4) is 16.9 Å². The number of nitrogens with one attached hydrogen (secondary N) is 1. The highest BCUT2D eigenvalue weighted by Crippen LogP contribution is 2.44. The van der Waals surface area contributed by atoms with Gasteiger partial charge in [-0.1, -0.05) is 54.6 Å². The first kappa shape index (κ1) is 22.1. The molecular formula is C29H31N3O3. The zero-order valence-corrected chi connectivity index (χ0v) is 20.1. The van der Waals surface area contributed by atoms with E-state index in [1.807, 2.05) is 24.3 Å². The lowest BCUT2D eigenvalue weighted by Crippen LogP contribution is -2.46. The number of hydrogen-bond donors (Lipinski definition) is 1. The molecule has 1 unspecified atom stereocenters. The topological polar surface area (TPSA) is 54.0 Å². The molecule has 0 bridgehead atoms. The van der Waals surface area contributed by atoms with Gasteiger partial charge >= 0.3 is 6.09 Å². The van der Waals surface area contributed by atoms with Gasteiger partial charge in [-0.05, 0) is 35.4 Å². The normalized spacial score (nSPS) is 19.9. The maximum atomic E-state index is 12.7. The van der Waals surface area contributed by atoms with Gasteiger partial charge in [0.25, 0.3) is 0 Å². The molecule has 3 aromatic carbocycles. The molecule has 1 aliphatic carbocycles. The molecule has 6 heteroatoms. The summed E-state index contributed by atoms with van der Waals surface area (Å²) in [5.74, 6) is 0.904. The molecule has 1 saturated heterocycles. The van der Waals surface area contributed by atoms with Gasteiger partial charge < -0.3 is 14.4 Å². The number of hydrogen-bond acceptors (Lipinski definition) is 5. The van der Waals surface area contributed by atoms with Crippen molar-refractivity contribution < 1.29 is 14.3 Å². The minimum atomic E-state index is -0.446. The largest absolute Gasteiger partial charge is 0.493 e. The van der Waals surface area contributed by atoms with Crippen LogP contribution in [0, 0.1) is 0 Å². The fourth-order valence-corrected chi connectivity index (χ4v) is 5.71. The van der Waals surface area contributed by atoms with Crippen LogP contribution in [-0.2, 0) is 4.74 Å². The molecule has 0 aromatic heterocycles. The molecular weight excluding hydrogens is 438 g/mol. The Bertz CT molecular complexity index is 1190. The Morgan fingerprint density at radius 2 is 1.63 bits per heavy atom. The molecule has 1 fully saturated rings. The van der Waals surface area contributed by atoms with E-state index in [0.717, 1.165) is 38.3 Å². The molecule has 35 heavy (non-hydrogen) atoms. The predicted octanol–water partition coefficient (Wildman–Crippen LogP) is 5.12. The van der Waals surface area contributed by atoms with Crippen molar-refractivity contribution in [2.24, 2.45) is 0 Å². The fourth-order valence-electron chi connectivity index (χ4n) is 5.71. The summed E-state index contributed by atoms with van der Waals surface area (Å²) in [5.41, 5.74) is 6.76. The van der Waals surface area contributed by atoms with Gasteiger partial charge in [-0.15, -0.1) is 0 Å². The van der Waals surface area contributed by atoms with Crippen LogP contribution in [-0.4, -0.2) is 62.3 Å². The van der Waals surface area contributed by atoms with E-state index in [2.05, 4.69) is 64.6 Å². The molecule has 6 rings (SSSR count). The Labute approximate surface area is 206 Å². The highest BCUT2D eigenvalue weighted by molar-refractivity contribution is 5.85. The number of ether oxygens (including phenoxy) is 2. The van der Waals surface area contributed by atoms with Crippen molar-refractivity contribution >= 4 is 11.8 Å². The summed E-state index contributed by atoms with van der Waals surface area (Å²) in [6.07, 6.45) is 0.550. The summed E-state index contributed by atoms with van der Waals surface area (Å²) in [5, 5.41) is 2.90. The Morgan fingerprint density at radius 3 is 2.34 bits per heavy atom. The van der Waals surface area contributed by atoms with E-state index < -0.39 is 6.09 Å². The number of likely N-dealkylation sites (N-methyl/N-ethyl adjacent to an activating group) is 1. The quantitative estimate of drug-likeness (QED) is 0.575. The zero-order valence-electron chi connectivity index (χ0n) is 20.1. The van der Waals surface area contributed by atoms with Gasteiger partial charge in [0.15, 0.2) is 0 Å². The minimum Gasteiger partial charge on any atom is -0.493 e. The molecule has 180 valence electrons. The van der Waals surface area contributed by atoms with Crippen molar-refractivity contribution in [2.75, 3.05) is 51.8 Å². The molecule has 0 radical (unpaired) electrons. The number of benzene rings is 3. The second-order valence-corrected chi connectivity index (χ2v) is 9.70. The van der Waals surface area contributed by atoms with Crippen LogP contribution >= 0.6 is 0 Å². The standard InChI is InChI=1S/C29H31N3O3/c1-31-13-15-32(16-14-31)27-12-17-34-28-18-20(10-11-25(27)28)30-29(33)35-19-26-23-8-4-2-6-21(23)22-7-3-5-9-24(22)26/h2-11,18,26-27H,12-17,19H2,1H3,(H,30,33). The van der Waals surface area contributed by atoms with Crippen molar-refractivity contribution in [1.82, 2.24) is 9.80 Å². The molecule has 2 heterocycles. The highest BCUT2D eigenvalue weighted by Gasteiger charge is 2.30. The monoisotopic (exact) mass is 469 g/mol. The van der Waals surface area contributed by atoms with E-state index in [1.165, 1.54) is 27.8 Å². The van der Waals surface area contributed by atoms with Crippen LogP contribution in [0.3, 0.4) is 0 Å². The van der Waals surface area contributed by atoms with Crippen LogP contribution < -0.4 is 10.1 Å². The van der Waals surface area contributed by atoms with Crippen molar-refractivity contribution in [3.05, 3.63) is 83.4 Å². The lowest BCUT2D eigenvalue weighted by atomic mass is 9.97. The van der Waals surface area contributed by atoms with Crippen LogP contribution in [0.15, 0.2) is 66.7 Å². The SMILES string of the molecule is CN1CCN(C2CCOc3cc(NC(=O)OCC4c5ccccc5-c5ccccc54)ccc32)CC1. The summed E-state index contributed by atoms with van der Waals surface area (Å²) in [6, 6.07) is 23.1. The van der Waals surface area contributed by atoms with Gasteiger partial charge in [-0.2, -0.15) is 0 Å². The summed E-state index contributed by atoms with van der Waals surface area (Å²) < 4.78 is 11.7. The Kier molecular flexibility index (Phi) is 5.92. The van der Waals surface area contributed by atoms with Crippen LogP contribution in [0.1, 0.15) is 35.1 Å². The summed E-state index contributed by atoms with van der Waals surface area (Å²) in [4.78, 5) is 17.6. The second-order valence-electron chi connectivity index (χ2n) is 9.70. The van der Waals surface area contributed by atoms with Gasteiger partial charge in [-0.25, -0.2) is 4.79 Å². The van der Waals surface area contributed by atoms with Gasteiger partial charge in [0.2, 0.25) is 0 Å². The van der Waals surface area contributed by atoms with Crippen LogP contribution in [0.2, 0.25) is 0 Å². The number of nitrogens with zero attached hydrogens (tertiary/aromatic N) is 2. The Hall–Kier alpha value is -3.35. The van der Waals surface area contributed by atoms with Gasteiger partial charge in [-0.3, -0.25) is 10.2 Å². The van der Waals surface area contributed by atoms with Crippen molar-refractivity contribution in [1.29, 1.82) is 0 Å². The smallest absolute Gasteiger partial charge is 0.411 e. The van der Waals surface area contributed by atoms with Crippen LogP contribution in [0.5, 0.6) is 5.75 Å². The number of amides is 1. The average molecular weight is 470 g/mol. The number of rotatable bonds is 4. The molecule has 6 nitrogen and oxygen atoms in total. The lowest BCUT2D eigenvalue weighted by Gasteiger charge is -2.40. The molecule has 2 aliphatic heterocycles. The number of anilines is 1. The van der Waals surface area contributed by atoms with E-state index >= 15 is 0 Å². The lowest BCUT2D eigenvalue weighted by molar-refractivity contribution is 0.0856. The first-order chi connectivity index (χ1) is 17.2. The zero-order chi connectivity index (χ0) is 23.8. The average Bonchev–Trinajstić information content (AvgIpc) is 3.21. The number of carbonyl (C=O) groups is 1. The third kappa shape index (κ3) is 4.28. The highest BCUT2D eigenvalue weighted by atomic mass is 16.5. The second kappa shape index (κ2) is 9.36. The van der Waals surface area contributed by atoms with Gasteiger partial charge in [0, 0.05) is 61.9 Å². The molecule has 1 amide bonds. The summed E-state index contributed by atoms with van der Waals surface area (Å²) >= 11 is 0. The number of fused-ring (bicyclic) bond motifs is 4. The van der Waals surface area contributed by atoms with Crippen molar-refractivity contribution in [2.45, 2.75) is 18.4 Å². The van der Waals surface area contributed by atoms with E-state index in [0.29, 0.717) is 24.9 Å². The molecule has 0 saturated carbocycles. The molecule has 1 atom stereocenters. The number of piperazine rings is 1. The van der Waals surface area contributed by atoms with E-state index in [9.17, 15) is 4.79 Å². The Balaban J connectivity index is 1.12. The maximum Gasteiger partial charge on any atom is 0.411 e. The fraction of sp³-hybridized carbons (Fsp3) is 0.345. The van der Waals surface area contributed by atoms with Gasteiger partial charge in [0.05, 0.1) is 6.61 Å². The molecule has 0 spiro atoms. The van der Waals surface area contributed by atoms with Gasteiger partial charge in [0.1, 0.15) is 12.4 Å². The summed E-state index contributed by atoms with van der Waals surface area (Å²) in [7, 11) is 2.18. The summed E-state index contributed by atoms with van der Waals surface area (Å²) in [6.45, 7) is 5.31. The third-order valence-corrected chi connectivity index (χ3v) is 7.59. The molecule has 3 aliphatic rings. The third-order valence-electron chi connectivity index (χ3n) is 7.59. The van der Waals surface area contributed by atoms with Crippen LogP contribution in [0.25, 0.3) is 11.1 Å². The van der Waals surface area contributed by atoms with Crippen molar-refractivity contribution in [3.63, 3.8) is 0 Å². The van der Waals surface area contributed by atoms with Crippen LogP contribution in [0.4, 0.5) is 10.5 Å². The van der Waals surface area contributed by atoms with E-state index in [4.69, 9.17) is 9.47 Å². The van der Waals surface area contributed by atoms with E-state index in [-0.39, 0.29) is 5.92 Å². The minimum absolute atomic E-state index is 0.0457.